The van der Waals surface area contributed by atoms with Crippen molar-refractivity contribution in [1.82, 2.24) is 15.5 Å². The molecule has 0 amide bonds. The normalized spacial score (nSPS) is 19.2. The maximum absolute atomic E-state index is 5.40. The van der Waals surface area contributed by atoms with Gasteiger partial charge in [-0.3, -0.25) is 0 Å². The Balaban J connectivity index is 1.77. The monoisotopic (exact) mass is 399 g/mol. The third kappa shape index (κ3) is 3.30. The molecule has 1 saturated heterocycles. The Morgan fingerprint density at radius 1 is 1.35 bits per heavy atom. The van der Waals surface area contributed by atoms with E-state index in [-0.39, 0.29) is 0 Å². The molecule has 1 aliphatic heterocycles. The van der Waals surface area contributed by atoms with Gasteiger partial charge in [-0.15, -0.1) is 0 Å². The summed E-state index contributed by atoms with van der Waals surface area (Å²) in [6, 6.07) is 5.91. The Morgan fingerprint density at radius 3 is 3.05 bits per heavy atom. The molecule has 1 aromatic heterocycles. The molecule has 2 aromatic rings. The van der Waals surface area contributed by atoms with Crippen molar-refractivity contribution in [1.29, 1.82) is 0 Å². The van der Waals surface area contributed by atoms with Gasteiger partial charge in [0, 0.05) is 15.4 Å². The van der Waals surface area contributed by atoms with Gasteiger partial charge in [0.05, 0.1) is 5.56 Å². The van der Waals surface area contributed by atoms with Gasteiger partial charge in [-0.2, -0.15) is 4.98 Å². The number of piperidine rings is 1. The predicted octanol–water partition coefficient (Wildman–Crippen LogP) is 3.80. The Kier molecular flexibility index (Phi) is 4.53. The largest absolute Gasteiger partial charge is 0.334 e. The van der Waals surface area contributed by atoms with Crippen LogP contribution in [0.5, 0.6) is 0 Å². The first-order valence-electron chi connectivity index (χ1n) is 6.71. The van der Waals surface area contributed by atoms with Gasteiger partial charge in [0.1, 0.15) is 0 Å². The minimum atomic E-state index is 0.567. The molecule has 4 nitrogen and oxygen atoms in total. The first-order chi connectivity index (χ1) is 9.72. The zero-order valence-electron chi connectivity index (χ0n) is 10.9. The maximum Gasteiger partial charge on any atom is 0.259 e. The summed E-state index contributed by atoms with van der Waals surface area (Å²) in [5, 5.41) is 7.52. The number of halogens is 2. The average Bonchev–Trinajstić information content (AvgIpc) is 2.91. The van der Waals surface area contributed by atoms with Crippen molar-refractivity contribution < 1.29 is 4.52 Å². The highest BCUT2D eigenvalue weighted by molar-refractivity contribution is 9.11. The molecule has 0 aliphatic carbocycles. The van der Waals surface area contributed by atoms with E-state index in [4.69, 9.17) is 4.52 Å². The van der Waals surface area contributed by atoms with E-state index in [1.165, 1.54) is 12.8 Å². The van der Waals surface area contributed by atoms with Crippen molar-refractivity contribution in [2.75, 3.05) is 13.1 Å². The molecule has 3 rings (SSSR count). The first kappa shape index (κ1) is 14.2. The lowest BCUT2D eigenvalue weighted by molar-refractivity contribution is 0.360. The topological polar surface area (TPSA) is 51.0 Å². The fourth-order valence-corrected chi connectivity index (χ4v) is 3.24. The Hall–Kier alpha value is -0.720. The molecule has 1 N–H and O–H groups in total. The number of hydrogen-bond acceptors (Lipinski definition) is 4. The molecule has 1 unspecified atom stereocenters. The van der Waals surface area contributed by atoms with Crippen LogP contribution >= 0.6 is 31.9 Å². The summed E-state index contributed by atoms with van der Waals surface area (Å²) < 4.78 is 7.34. The van der Waals surface area contributed by atoms with E-state index in [0.29, 0.717) is 11.8 Å². The summed E-state index contributed by atoms with van der Waals surface area (Å²) >= 11 is 6.98. The minimum absolute atomic E-state index is 0.567. The maximum atomic E-state index is 5.40. The van der Waals surface area contributed by atoms with E-state index < -0.39 is 0 Å². The Morgan fingerprint density at radius 2 is 2.25 bits per heavy atom. The molecule has 0 spiro atoms. The highest BCUT2D eigenvalue weighted by atomic mass is 79.9. The number of nitrogens with one attached hydrogen (secondary N) is 1. The number of aromatic nitrogens is 2. The quantitative estimate of drug-likeness (QED) is 0.851. The Bertz CT molecular complexity index is 594. The molecular weight excluding hydrogens is 386 g/mol. The molecule has 1 aromatic carbocycles. The van der Waals surface area contributed by atoms with Gasteiger partial charge in [0.25, 0.3) is 5.89 Å². The van der Waals surface area contributed by atoms with Crippen LogP contribution in [0.3, 0.4) is 0 Å². The second-order valence-corrected chi connectivity index (χ2v) is 6.83. The average molecular weight is 401 g/mol. The zero-order valence-corrected chi connectivity index (χ0v) is 14.1. The van der Waals surface area contributed by atoms with Crippen LogP contribution in [0.15, 0.2) is 31.7 Å². The lowest BCUT2D eigenvalue weighted by Crippen LogP contribution is -2.31. The fourth-order valence-electron chi connectivity index (χ4n) is 2.46. The fraction of sp³-hybridized carbons (Fsp3) is 0.429. The number of rotatable bonds is 3. The van der Waals surface area contributed by atoms with Crippen molar-refractivity contribution in [3.05, 3.63) is 33.0 Å². The summed E-state index contributed by atoms with van der Waals surface area (Å²) in [6.07, 6.45) is 3.34. The predicted molar refractivity (Wildman–Crippen MR) is 84.4 cm³/mol. The van der Waals surface area contributed by atoms with Gasteiger partial charge in [-0.05, 0) is 66.0 Å². The highest BCUT2D eigenvalue weighted by Crippen LogP contribution is 2.30. The van der Waals surface area contributed by atoms with Gasteiger partial charge < -0.3 is 9.84 Å². The van der Waals surface area contributed by atoms with Crippen molar-refractivity contribution in [2.45, 2.75) is 19.3 Å². The van der Waals surface area contributed by atoms with Gasteiger partial charge in [0.15, 0.2) is 5.82 Å². The molecule has 20 heavy (non-hydrogen) atoms. The van der Waals surface area contributed by atoms with Crippen LogP contribution in [0.2, 0.25) is 0 Å². The smallest absolute Gasteiger partial charge is 0.259 e. The molecule has 0 saturated carbocycles. The van der Waals surface area contributed by atoms with Crippen molar-refractivity contribution in [3.8, 4) is 11.5 Å². The van der Waals surface area contributed by atoms with Crippen molar-refractivity contribution in [3.63, 3.8) is 0 Å². The molecule has 1 atom stereocenters. The number of nitrogens with zero attached hydrogens (tertiary/aromatic N) is 2. The standard InChI is InChI=1S/C14H15Br2N3O/c15-10-3-4-12(16)11(7-10)14-18-13(19-20-14)6-9-2-1-5-17-8-9/h3-4,7,9,17H,1-2,5-6,8H2. The van der Waals surface area contributed by atoms with Gasteiger partial charge >= 0.3 is 0 Å². The van der Waals surface area contributed by atoms with Crippen molar-refractivity contribution in [2.24, 2.45) is 5.92 Å². The molecule has 0 radical (unpaired) electrons. The summed E-state index contributed by atoms with van der Waals surface area (Å²) in [6.45, 7) is 2.17. The van der Waals surface area contributed by atoms with E-state index >= 15 is 0 Å². The summed E-state index contributed by atoms with van der Waals surface area (Å²) in [7, 11) is 0. The second kappa shape index (κ2) is 6.37. The second-order valence-electron chi connectivity index (χ2n) is 5.06. The van der Waals surface area contributed by atoms with E-state index in [2.05, 4.69) is 47.3 Å². The molecule has 1 aliphatic rings. The summed E-state index contributed by atoms with van der Waals surface area (Å²) in [4.78, 5) is 4.52. The molecule has 0 bridgehead atoms. The SMILES string of the molecule is Brc1ccc(Br)c(-c2nc(CC3CCCNC3)no2)c1. The van der Waals surface area contributed by atoms with Crippen LogP contribution in [0.25, 0.3) is 11.5 Å². The third-order valence-electron chi connectivity index (χ3n) is 3.50. The van der Waals surface area contributed by atoms with Gasteiger partial charge in [-0.1, -0.05) is 21.1 Å². The number of benzene rings is 1. The van der Waals surface area contributed by atoms with Crippen molar-refractivity contribution >= 4 is 31.9 Å². The van der Waals surface area contributed by atoms with Gasteiger partial charge in [-0.25, -0.2) is 0 Å². The summed E-state index contributed by atoms with van der Waals surface area (Å²) in [5.74, 6) is 1.97. The van der Waals surface area contributed by atoms with E-state index in [1.54, 1.807) is 0 Å². The third-order valence-corrected chi connectivity index (χ3v) is 4.68. The summed E-state index contributed by atoms with van der Waals surface area (Å²) in [5.41, 5.74) is 0.917. The molecule has 106 valence electrons. The molecule has 1 fully saturated rings. The van der Waals surface area contributed by atoms with Crippen LogP contribution in [0.4, 0.5) is 0 Å². The highest BCUT2D eigenvalue weighted by Gasteiger charge is 2.18. The van der Waals surface area contributed by atoms with E-state index in [0.717, 1.165) is 39.8 Å². The first-order valence-corrected chi connectivity index (χ1v) is 8.29. The molecule has 2 heterocycles. The zero-order chi connectivity index (χ0) is 13.9. The lowest BCUT2D eigenvalue weighted by atomic mass is 9.96. The van der Waals surface area contributed by atoms with Gasteiger partial charge in [0.2, 0.25) is 0 Å². The minimum Gasteiger partial charge on any atom is -0.334 e. The van der Waals surface area contributed by atoms with Crippen LogP contribution in [-0.4, -0.2) is 23.2 Å². The van der Waals surface area contributed by atoms with Crippen LogP contribution < -0.4 is 5.32 Å². The lowest BCUT2D eigenvalue weighted by Gasteiger charge is -2.20. The Labute approximate surface area is 134 Å². The number of hydrogen-bond donors (Lipinski definition) is 1. The van der Waals surface area contributed by atoms with E-state index in [1.807, 2.05) is 18.2 Å². The van der Waals surface area contributed by atoms with E-state index in [9.17, 15) is 0 Å². The molecule has 6 heteroatoms. The van der Waals surface area contributed by atoms with Crippen LogP contribution in [0, 0.1) is 5.92 Å². The molecular formula is C14H15Br2N3O. The van der Waals surface area contributed by atoms with Crippen LogP contribution in [0.1, 0.15) is 18.7 Å². The van der Waals surface area contributed by atoms with Crippen LogP contribution in [-0.2, 0) is 6.42 Å².